The van der Waals surface area contributed by atoms with E-state index in [9.17, 15) is 0 Å². The average Bonchev–Trinajstić information content (AvgIpc) is 2.85. The molecule has 2 nitrogen and oxygen atoms in total. The number of thiazole rings is 1. The first-order valence-electron chi connectivity index (χ1n) is 6.97. The average molecular weight is 272 g/mol. The highest BCUT2D eigenvalue weighted by Crippen LogP contribution is 2.25. The monoisotopic (exact) mass is 272 g/mol. The lowest BCUT2D eigenvalue weighted by molar-refractivity contribution is 0.416. The summed E-state index contributed by atoms with van der Waals surface area (Å²) >= 11 is 1.76. The van der Waals surface area contributed by atoms with Crippen LogP contribution >= 0.6 is 11.3 Å². The highest BCUT2D eigenvalue weighted by molar-refractivity contribution is 7.09. The third kappa shape index (κ3) is 2.72. The minimum absolute atomic E-state index is 0.405. The van der Waals surface area contributed by atoms with Gasteiger partial charge in [0.05, 0.1) is 11.2 Å². The Morgan fingerprint density at radius 1 is 1.32 bits per heavy atom. The van der Waals surface area contributed by atoms with Gasteiger partial charge in [-0.25, -0.2) is 4.98 Å². The zero-order valence-electron chi connectivity index (χ0n) is 11.5. The van der Waals surface area contributed by atoms with Crippen molar-refractivity contribution < 1.29 is 0 Å². The maximum Gasteiger partial charge on any atom is 0.0798 e. The van der Waals surface area contributed by atoms with Crippen LogP contribution in [0.15, 0.2) is 29.8 Å². The van der Waals surface area contributed by atoms with Crippen molar-refractivity contribution in [3.63, 3.8) is 0 Å². The Balaban J connectivity index is 1.68. The van der Waals surface area contributed by atoms with E-state index in [4.69, 9.17) is 0 Å². The van der Waals surface area contributed by atoms with Crippen molar-refractivity contribution in [3.05, 3.63) is 51.5 Å². The molecule has 0 radical (unpaired) electrons. The van der Waals surface area contributed by atoms with Crippen molar-refractivity contribution in [1.29, 1.82) is 0 Å². The molecule has 2 unspecified atom stereocenters. The van der Waals surface area contributed by atoms with Crippen LogP contribution in [0.3, 0.4) is 0 Å². The molecule has 2 atom stereocenters. The van der Waals surface area contributed by atoms with E-state index in [2.05, 4.69) is 48.4 Å². The van der Waals surface area contributed by atoms with Gasteiger partial charge in [-0.1, -0.05) is 24.3 Å². The molecular formula is C16H20N2S. The van der Waals surface area contributed by atoms with Crippen molar-refractivity contribution in [2.24, 2.45) is 0 Å². The number of aromatic nitrogens is 1. The van der Waals surface area contributed by atoms with E-state index in [1.807, 2.05) is 5.51 Å². The molecule has 0 bridgehead atoms. The molecule has 3 heteroatoms. The Kier molecular flexibility index (Phi) is 3.67. The Bertz CT molecular complexity index is 561. The largest absolute Gasteiger partial charge is 0.306 e. The topological polar surface area (TPSA) is 24.9 Å². The number of fused-ring (bicyclic) bond motifs is 1. The molecule has 1 N–H and O–H groups in total. The second-order valence-electron chi connectivity index (χ2n) is 5.40. The standard InChI is InChI=1S/C16H20N2S/c1-11-16(19-10-17-11)12(2)18-15-8-7-13-5-3-4-6-14(13)9-15/h3-6,10,12,15,18H,7-9H2,1-2H3. The molecule has 2 aromatic rings. The minimum atomic E-state index is 0.405. The molecule has 0 amide bonds. The lowest BCUT2D eigenvalue weighted by Crippen LogP contribution is -2.36. The fourth-order valence-electron chi connectivity index (χ4n) is 3.00. The first-order chi connectivity index (χ1) is 9.24. The highest BCUT2D eigenvalue weighted by Gasteiger charge is 2.21. The number of nitrogens with zero attached hydrogens (tertiary/aromatic N) is 1. The molecule has 0 saturated heterocycles. The fraction of sp³-hybridized carbons (Fsp3) is 0.438. The van der Waals surface area contributed by atoms with E-state index in [0.717, 1.165) is 6.42 Å². The van der Waals surface area contributed by atoms with Crippen molar-refractivity contribution in [2.45, 2.75) is 45.2 Å². The summed E-state index contributed by atoms with van der Waals surface area (Å²) in [5.74, 6) is 0. The first kappa shape index (κ1) is 12.8. The molecule has 1 aromatic heterocycles. The van der Waals surface area contributed by atoms with Crippen LogP contribution < -0.4 is 5.32 Å². The number of hydrogen-bond donors (Lipinski definition) is 1. The van der Waals surface area contributed by atoms with Gasteiger partial charge in [0.25, 0.3) is 0 Å². The van der Waals surface area contributed by atoms with Gasteiger partial charge in [-0.2, -0.15) is 0 Å². The summed E-state index contributed by atoms with van der Waals surface area (Å²) in [7, 11) is 0. The van der Waals surface area contributed by atoms with Crippen LogP contribution in [0, 0.1) is 6.92 Å². The number of rotatable bonds is 3. The maximum absolute atomic E-state index is 4.35. The molecule has 19 heavy (non-hydrogen) atoms. The second-order valence-corrected chi connectivity index (χ2v) is 6.29. The van der Waals surface area contributed by atoms with Crippen LogP contribution in [-0.2, 0) is 12.8 Å². The van der Waals surface area contributed by atoms with Gasteiger partial charge < -0.3 is 5.32 Å². The summed E-state index contributed by atoms with van der Waals surface area (Å²) in [6.07, 6.45) is 3.58. The van der Waals surface area contributed by atoms with Crippen molar-refractivity contribution in [3.8, 4) is 0 Å². The third-order valence-corrected chi connectivity index (χ3v) is 5.12. The van der Waals surface area contributed by atoms with E-state index in [-0.39, 0.29) is 0 Å². The van der Waals surface area contributed by atoms with Gasteiger partial charge in [-0.3, -0.25) is 0 Å². The van der Waals surface area contributed by atoms with Gasteiger partial charge in [0, 0.05) is 17.0 Å². The van der Waals surface area contributed by atoms with Crippen LogP contribution in [-0.4, -0.2) is 11.0 Å². The van der Waals surface area contributed by atoms with Crippen molar-refractivity contribution in [1.82, 2.24) is 10.3 Å². The van der Waals surface area contributed by atoms with Gasteiger partial charge in [-0.05, 0) is 44.2 Å². The number of hydrogen-bond acceptors (Lipinski definition) is 3. The molecule has 0 fully saturated rings. The predicted molar refractivity (Wildman–Crippen MR) is 80.7 cm³/mol. The van der Waals surface area contributed by atoms with Crippen molar-refractivity contribution in [2.75, 3.05) is 0 Å². The molecule has 1 heterocycles. The molecular weight excluding hydrogens is 252 g/mol. The lowest BCUT2D eigenvalue weighted by Gasteiger charge is -2.28. The predicted octanol–water partition coefficient (Wildman–Crippen LogP) is 3.66. The molecule has 0 aliphatic heterocycles. The summed E-state index contributed by atoms with van der Waals surface area (Å²) in [5.41, 5.74) is 6.15. The van der Waals surface area contributed by atoms with Gasteiger partial charge in [-0.15, -0.1) is 11.3 Å². The zero-order valence-corrected chi connectivity index (χ0v) is 12.3. The molecule has 1 aromatic carbocycles. The minimum Gasteiger partial charge on any atom is -0.306 e. The number of aryl methyl sites for hydroxylation is 2. The molecule has 1 aliphatic carbocycles. The van der Waals surface area contributed by atoms with Crippen LogP contribution in [0.1, 0.15) is 41.1 Å². The van der Waals surface area contributed by atoms with Gasteiger partial charge in [0.15, 0.2) is 0 Å². The van der Waals surface area contributed by atoms with E-state index >= 15 is 0 Å². The summed E-state index contributed by atoms with van der Waals surface area (Å²) in [4.78, 5) is 5.72. The lowest BCUT2D eigenvalue weighted by atomic mass is 9.88. The van der Waals surface area contributed by atoms with Gasteiger partial charge in [0.2, 0.25) is 0 Å². The summed E-state index contributed by atoms with van der Waals surface area (Å²) in [6, 6.07) is 9.83. The molecule has 3 rings (SSSR count). The van der Waals surface area contributed by atoms with E-state index in [1.54, 1.807) is 11.3 Å². The summed E-state index contributed by atoms with van der Waals surface area (Å²) in [6.45, 7) is 4.35. The Hall–Kier alpha value is -1.19. The second kappa shape index (κ2) is 5.43. The number of nitrogens with one attached hydrogen (secondary N) is 1. The zero-order chi connectivity index (χ0) is 13.2. The van der Waals surface area contributed by atoms with E-state index in [0.29, 0.717) is 12.1 Å². The van der Waals surface area contributed by atoms with Crippen molar-refractivity contribution >= 4 is 11.3 Å². The maximum atomic E-state index is 4.35. The molecule has 0 spiro atoms. The number of benzene rings is 1. The Labute approximate surface area is 118 Å². The normalized spacial score (nSPS) is 20.0. The third-order valence-electron chi connectivity index (χ3n) is 4.01. The Morgan fingerprint density at radius 2 is 2.11 bits per heavy atom. The molecule has 1 aliphatic rings. The van der Waals surface area contributed by atoms with Gasteiger partial charge in [0.1, 0.15) is 0 Å². The quantitative estimate of drug-likeness (QED) is 0.922. The van der Waals surface area contributed by atoms with E-state index in [1.165, 1.54) is 34.5 Å². The van der Waals surface area contributed by atoms with E-state index < -0.39 is 0 Å². The van der Waals surface area contributed by atoms with Gasteiger partial charge >= 0.3 is 0 Å². The van der Waals surface area contributed by atoms with Crippen LogP contribution in [0.4, 0.5) is 0 Å². The first-order valence-corrected chi connectivity index (χ1v) is 7.85. The fourth-order valence-corrected chi connectivity index (χ4v) is 3.82. The SMILES string of the molecule is Cc1ncsc1C(C)NC1CCc2ccccc2C1. The summed E-state index contributed by atoms with van der Waals surface area (Å²) in [5, 5.41) is 3.77. The summed E-state index contributed by atoms with van der Waals surface area (Å²) < 4.78 is 0. The van der Waals surface area contributed by atoms with Crippen LogP contribution in [0.5, 0.6) is 0 Å². The molecule has 100 valence electrons. The molecule has 0 saturated carbocycles. The highest BCUT2D eigenvalue weighted by atomic mass is 32.1. The smallest absolute Gasteiger partial charge is 0.0798 e. The Morgan fingerprint density at radius 3 is 2.84 bits per heavy atom. The van der Waals surface area contributed by atoms with Crippen LogP contribution in [0.2, 0.25) is 0 Å². The van der Waals surface area contributed by atoms with Crippen LogP contribution in [0.25, 0.3) is 0 Å².